The van der Waals surface area contributed by atoms with Crippen LogP contribution in [0.15, 0.2) is 24.3 Å². The van der Waals surface area contributed by atoms with Crippen molar-refractivity contribution < 1.29 is 14.3 Å². The lowest BCUT2D eigenvalue weighted by Gasteiger charge is -2.35. The topological polar surface area (TPSA) is 50.8 Å². The first-order valence-electron chi connectivity index (χ1n) is 10.4. The maximum absolute atomic E-state index is 12.3. The highest BCUT2D eigenvalue weighted by molar-refractivity contribution is 5.86. The summed E-state index contributed by atoms with van der Waals surface area (Å²) in [5, 5.41) is 2.85. The molecule has 0 heterocycles. The molecule has 6 heteroatoms. The molecule has 1 aromatic rings. The zero-order valence-electron chi connectivity index (χ0n) is 17.7. The van der Waals surface area contributed by atoms with Crippen LogP contribution in [-0.2, 0) is 4.74 Å². The number of carbonyl (C=O) groups is 1. The minimum atomic E-state index is -0.415. The van der Waals surface area contributed by atoms with Gasteiger partial charge in [0, 0.05) is 0 Å². The standard InChI is InChI=1S/C22H36N2O3.ClH/c1-4-5-6-7-12-17-26-20-14-9-8-13-19(20)23-21(25)27-18-22(24(2)3)15-10-11-16-22;/h8-9,13-14H,4-7,10-12,15-18H2,1-3H3,(H,23,25);1H. The van der Waals surface area contributed by atoms with Crippen molar-refractivity contribution >= 4 is 24.2 Å². The minimum absolute atomic E-state index is 0. The molecule has 1 saturated carbocycles. The normalized spacial score (nSPS) is 15.1. The first kappa shape index (κ1) is 24.6. The molecule has 5 nitrogen and oxygen atoms in total. The lowest BCUT2D eigenvalue weighted by Crippen LogP contribution is -2.46. The molecule has 0 aliphatic heterocycles. The van der Waals surface area contributed by atoms with E-state index in [0.717, 1.165) is 19.3 Å². The number of anilines is 1. The van der Waals surface area contributed by atoms with Crippen molar-refractivity contribution in [3.8, 4) is 5.75 Å². The number of unbranched alkanes of at least 4 members (excludes halogenated alkanes) is 4. The molecule has 0 aromatic heterocycles. The van der Waals surface area contributed by atoms with E-state index in [4.69, 9.17) is 9.47 Å². The summed E-state index contributed by atoms with van der Waals surface area (Å²) >= 11 is 0. The van der Waals surface area contributed by atoms with Crippen molar-refractivity contribution in [3.63, 3.8) is 0 Å². The van der Waals surface area contributed by atoms with Crippen LogP contribution < -0.4 is 10.1 Å². The number of nitrogens with one attached hydrogen (secondary N) is 1. The average Bonchev–Trinajstić information content (AvgIpc) is 3.15. The van der Waals surface area contributed by atoms with Gasteiger partial charge in [-0.05, 0) is 45.5 Å². The van der Waals surface area contributed by atoms with Crippen molar-refractivity contribution in [2.24, 2.45) is 0 Å². The minimum Gasteiger partial charge on any atom is -0.491 e. The summed E-state index contributed by atoms with van der Waals surface area (Å²) in [6.07, 6.45) is 10.1. The van der Waals surface area contributed by atoms with E-state index in [2.05, 4.69) is 31.2 Å². The van der Waals surface area contributed by atoms with Gasteiger partial charge < -0.3 is 14.4 Å². The molecular weight excluding hydrogens is 376 g/mol. The maximum atomic E-state index is 12.3. The smallest absolute Gasteiger partial charge is 0.411 e. The monoisotopic (exact) mass is 412 g/mol. The molecule has 28 heavy (non-hydrogen) atoms. The fraction of sp³-hybridized carbons (Fsp3) is 0.682. The average molecular weight is 413 g/mol. The van der Waals surface area contributed by atoms with Crippen LogP contribution in [0.5, 0.6) is 5.75 Å². The van der Waals surface area contributed by atoms with Gasteiger partial charge in [0.25, 0.3) is 0 Å². The Morgan fingerprint density at radius 2 is 1.79 bits per heavy atom. The highest BCUT2D eigenvalue weighted by Crippen LogP contribution is 2.34. The Labute approximate surface area is 176 Å². The van der Waals surface area contributed by atoms with Crippen LogP contribution in [0.3, 0.4) is 0 Å². The van der Waals surface area contributed by atoms with Crippen LogP contribution in [0.2, 0.25) is 0 Å². The Morgan fingerprint density at radius 1 is 1.11 bits per heavy atom. The van der Waals surface area contributed by atoms with Crippen LogP contribution >= 0.6 is 12.4 Å². The molecule has 2 rings (SSSR count). The molecule has 1 aromatic carbocycles. The van der Waals surface area contributed by atoms with Gasteiger partial charge >= 0.3 is 6.09 Å². The first-order chi connectivity index (χ1) is 13.1. The highest BCUT2D eigenvalue weighted by Gasteiger charge is 2.37. The number of para-hydroxylation sites is 2. The lowest BCUT2D eigenvalue weighted by molar-refractivity contribution is 0.0578. The van der Waals surface area contributed by atoms with E-state index in [0.29, 0.717) is 24.7 Å². The fourth-order valence-electron chi connectivity index (χ4n) is 3.68. The Kier molecular flexibility index (Phi) is 11.3. The third-order valence-corrected chi connectivity index (χ3v) is 5.58. The summed E-state index contributed by atoms with van der Waals surface area (Å²) in [6, 6.07) is 7.55. The van der Waals surface area contributed by atoms with E-state index in [1.165, 1.54) is 38.5 Å². The Morgan fingerprint density at radius 3 is 2.46 bits per heavy atom. The second-order valence-corrected chi connectivity index (χ2v) is 7.79. The van der Waals surface area contributed by atoms with Crippen molar-refractivity contribution in [2.45, 2.75) is 70.3 Å². The summed E-state index contributed by atoms with van der Waals surface area (Å²) in [4.78, 5) is 14.5. The third kappa shape index (κ3) is 7.51. The first-order valence-corrected chi connectivity index (χ1v) is 10.4. The van der Waals surface area contributed by atoms with E-state index in [-0.39, 0.29) is 17.9 Å². The molecule has 1 amide bonds. The largest absolute Gasteiger partial charge is 0.491 e. The van der Waals surface area contributed by atoms with Gasteiger partial charge in [0.05, 0.1) is 17.8 Å². The summed E-state index contributed by atoms with van der Waals surface area (Å²) in [6.45, 7) is 3.30. The lowest BCUT2D eigenvalue weighted by atomic mass is 9.97. The predicted molar refractivity (Wildman–Crippen MR) is 118 cm³/mol. The number of hydrogen-bond acceptors (Lipinski definition) is 4. The number of nitrogens with zero attached hydrogens (tertiary/aromatic N) is 1. The van der Waals surface area contributed by atoms with Crippen LogP contribution in [-0.4, -0.2) is 43.8 Å². The van der Waals surface area contributed by atoms with Crippen LogP contribution in [0.1, 0.15) is 64.7 Å². The number of benzene rings is 1. The molecule has 0 unspecified atom stereocenters. The molecule has 1 N–H and O–H groups in total. The quantitative estimate of drug-likeness (QED) is 0.461. The number of ether oxygens (including phenoxy) is 2. The van der Waals surface area contributed by atoms with Gasteiger partial charge in [-0.2, -0.15) is 0 Å². The zero-order chi connectivity index (χ0) is 19.5. The molecule has 0 bridgehead atoms. The van der Waals surface area contributed by atoms with Crippen LogP contribution in [0.25, 0.3) is 0 Å². The van der Waals surface area contributed by atoms with Gasteiger partial charge in [-0.15, -0.1) is 12.4 Å². The van der Waals surface area contributed by atoms with Crippen molar-refractivity contribution in [3.05, 3.63) is 24.3 Å². The Balaban J connectivity index is 0.00000392. The molecule has 0 spiro atoms. The molecule has 1 aliphatic carbocycles. The molecule has 1 fully saturated rings. The summed E-state index contributed by atoms with van der Waals surface area (Å²) in [7, 11) is 4.13. The zero-order valence-corrected chi connectivity index (χ0v) is 18.5. The Hall–Kier alpha value is -1.46. The number of likely N-dealkylation sites (N-methyl/N-ethyl adjacent to an activating group) is 1. The molecule has 0 saturated heterocycles. The van der Waals surface area contributed by atoms with E-state index < -0.39 is 6.09 Å². The van der Waals surface area contributed by atoms with E-state index in [9.17, 15) is 4.79 Å². The van der Waals surface area contributed by atoms with E-state index in [1.54, 1.807) is 0 Å². The number of halogens is 1. The van der Waals surface area contributed by atoms with Gasteiger partial charge in [-0.1, -0.05) is 57.6 Å². The van der Waals surface area contributed by atoms with Crippen molar-refractivity contribution in [1.82, 2.24) is 4.90 Å². The second kappa shape index (κ2) is 12.9. The highest BCUT2D eigenvalue weighted by atomic mass is 35.5. The van der Waals surface area contributed by atoms with Gasteiger partial charge in [-0.3, -0.25) is 5.32 Å². The van der Waals surface area contributed by atoms with Gasteiger partial charge in [0.2, 0.25) is 0 Å². The predicted octanol–water partition coefficient (Wildman–Crippen LogP) is 5.88. The second-order valence-electron chi connectivity index (χ2n) is 7.79. The summed E-state index contributed by atoms with van der Waals surface area (Å²) < 4.78 is 11.4. The molecule has 160 valence electrons. The summed E-state index contributed by atoms with van der Waals surface area (Å²) in [5.74, 6) is 0.702. The molecule has 0 atom stereocenters. The summed E-state index contributed by atoms with van der Waals surface area (Å²) in [5.41, 5.74) is 0.646. The van der Waals surface area contributed by atoms with Gasteiger partial charge in [-0.25, -0.2) is 4.79 Å². The Bertz CT molecular complexity index is 575. The van der Waals surface area contributed by atoms with Crippen molar-refractivity contribution in [2.75, 3.05) is 32.6 Å². The van der Waals surface area contributed by atoms with Gasteiger partial charge in [0.1, 0.15) is 12.4 Å². The van der Waals surface area contributed by atoms with E-state index >= 15 is 0 Å². The number of rotatable bonds is 11. The van der Waals surface area contributed by atoms with Gasteiger partial charge in [0.15, 0.2) is 0 Å². The number of carbonyl (C=O) groups excluding carboxylic acids is 1. The molecule has 0 radical (unpaired) electrons. The SMILES string of the molecule is CCCCCCCOc1ccccc1NC(=O)OCC1(N(C)C)CCCC1.Cl. The van der Waals surface area contributed by atoms with Crippen molar-refractivity contribution in [1.29, 1.82) is 0 Å². The number of hydrogen-bond donors (Lipinski definition) is 1. The molecular formula is C22H37ClN2O3. The number of amides is 1. The third-order valence-electron chi connectivity index (χ3n) is 5.58. The van der Waals surface area contributed by atoms with Crippen LogP contribution in [0.4, 0.5) is 10.5 Å². The van der Waals surface area contributed by atoms with Crippen LogP contribution in [0, 0.1) is 0 Å². The maximum Gasteiger partial charge on any atom is 0.411 e. The molecule has 1 aliphatic rings. The fourth-order valence-corrected chi connectivity index (χ4v) is 3.68. The van der Waals surface area contributed by atoms with E-state index in [1.807, 2.05) is 24.3 Å².